The number of hydrogen-bond donors (Lipinski definition) is 1. The summed E-state index contributed by atoms with van der Waals surface area (Å²) in [5.74, 6) is -0.215. The highest BCUT2D eigenvalue weighted by atomic mass is 19.4. The summed E-state index contributed by atoms with van der Waals surface area (Å²) >= 11 is 0. The number of benzene rings is 1. The summed E-state index contributed by atoms with van der Waals surface area (Å²) < 4.78 is 48.5. The molecule has 1 N–H and O–H groups in total. The molecule has 2 saturated heterocycles. The molecule has 2 aliphatic rings. The quantitative estimate of drug-likeness (QED) is 0.647. The molecule has 0 radical (unpaired) electrons. The van der Waals surface area contributed by atoms with E-state index < -0.39 is 11.7 Å². The van der Waals surface area contributed by atoms with Crippen molar-refractivity contribution in [1.29, 1.82) is 5.26 Å². The Balaban J connectivity index is 1.42. The van der Waals surface area contributed by atoms with Crippen LogP contribution in [-0.4, -0.2) is 63.2 Å². The van der Waals surface area contributed by atoms with Crippen LogP contribution in [0.3, 0.4) is 0 Å². The van der Waals surface area contributed by atoms with E-state index in [1.165, 1.54) is 16.8 Å². The van der Waals surface area contributed by atoms with E-state index >= 15 is 0 Å². The second kappa shape index (κ2) is 7.72. The molecule has 5 rings (SSSR count). The van der Waals surface area contributed by atoms with Crippen LogP contribution >= 0.6 is 0 Å². The predicted molar refractivity (Wildman–Crippen MR) is 109 cm³/mol. The van der Waals surface area contributed by atoms with Gasteiger partial charge >= 0.3 is 6.18 Å². The molecule has 4 heterocycles. The first-order valence-electron chi connectivity index (χ1n) is 10.3. The van der Waals surface area contributed by atoms with E-state index in [1.807, 2.05) is 6.07 Å². The van der Waals surface area contributed by atoms with Crippen LogP contribution in [0, 0.1) is 11.3 Å². The van der Waals surface area contributed by atoms with E-state index in [1.54, 1.807) is 13.1 Å². The number of alkyl halides is 3. The molecular weight excluding hydrogens is 423 g/mol. The summed E-state index contributed by atoms with van der Waals surface area (Å²) in [6.45, 7) is 2.58. The SMILES string of the molecule is Cn1nnc2c(C#N)nc(-c3ccc(OCCN4C[C@@H]5C[C@H]4CN5)c(C(F)(F)F)c3)cc21. The first kappa shape index (κ1) is 20.7. The summed E-state index contributed by atoms with van der Waals surface area (Å²) in [6, 6.07) is 8.26. The van der Waals surface area contributed by atoms with Crippen molar-refractivity contribution in [2.45, 2.75) is 24.7 Å². The van der Waals surface area contributed by atoms with Crippen molar-refractivity contribution in [2.24, 2.45) is 7.05 Å². The minimum absolute atomic E-state index is 0.00823. The zero-order valence-electron chi connectivity index (χ0n) is 17.2. The van der Waals surface area contributed by atoms with Crippen molar-refractivity contribution in [1.82, 2.24) is 30.2 Å². The summed E-state index contributed by atoms with van der Waals surface area (Å²) in [5.41, 5.74) is 0.414. The molecule has 0 unspecified atom stereocenters. The van der Waals surface area contributed by atoms with Crippen LogP contribution in [0.5, 0.6) is 5.75 Å². The van der Waals surface area contributed by atoms with Gasteiger partial charge in [-0.25, -0.2) is 9.67 Å². The Morgan fingerprint density at radius 2 is 2.16 bits per heavy atom. The highest BCUT2D eigenvalue weighted by molar-refractivity contribution is 5.83. The average molecular weight is 443 g/mol. The monoisotopic (exact) mass is 443 g/mol. The topological polar surface area (TPSA) is 91.9 Å². The molecule has 1 aromatic carbocycles. The Morgan fingerprint density at radius 1 is 1.31 bits per heavy atom. The second-order valence-electron chi connectivity index (χ2n) is 8.10. The van der Waals surface area contributed by atoms with Gasteiger partial charge in [-0.1, -0.05) is 5.21 Å². The third kappa shape index (κ3) is 3.65. The third-order valence-corrected chi connectivity index (χ3v) is 6.09. The fraction of sp³-hybridized carbons (Fsp3) is 0.429. The van der Waals surface area contributed by atoms with Gasteiger partial charge in [0.05, 0.1) is 16.8 Å². The Bertz CT molecular complexity index is 1220. The molecule has 2 aliphatic heterocycles. The Morgan fingerprint density at radius 3 is 2.84 bits per heavy atom. The molecule has 2 atom stereocenters. The van der Waals surface area contributed by atoms with Crippen molar-refractivity contribution in [2.75, 3.05) is 26.2 Å². The standard InChI is InChI=1S/C21H20F3N7O/c1-30-18-8-16(27-17(9-25)20(18)28-29-30)12-2-3-19(15(6-12)21(22,23)24)32-5-4-31-11-13-7-14(31)10-26-13/h2-3,6,8,13-14,26H,4-5,7,10-11H2,1H3/t13-,14-/m0/s1. The number of piperazine rings is 1. The molecule has 2 bridgehead atoms. The Labute approximate surface area is 181 Å². The van der Waals surface area contributed by atoms with Crippen LogP contribution in [0.1, 0.15) is 17.7 Å². The van der Waals surface area contributed by atoms with Gasteiger partial charge in [-0.2, -0.15) is 18.4 Å². The van der Waals surface area contributed by atoms with E-state index in [0.29, 0.717) is 29.7 Å². The lowest BCUT2D eigenvalue weighted by Gasteiger charge is -2.27. The van der Waals surface area contributed by atoms with Crippen LogP contribution in [0.4, 0.5) is 13.2 Å². The van der Waals surface area contributed by atoms with Gasteiger partial charge in [-0.3, -0.25) is 4.90 Å². The zero-order chi connectivity index (χ0) is 22.5. The number of aryl methyl sites for hydroxylation is 1. The number of pyridine rings is 1. The zero-order valence-corrected chi connectivity index (χ0v) is 17.2. The van der Waals surface area contributed by atoms with E-state index in [0.717, 1.165) is 25.6 Å². The number of fused-ring (bicyclic) bond motifs is 3. The van der Waals surface area contributed by atoms with E-state index in [9.17, 15) is 18.4 Å². The minimum atomic E-state index is -4.60. The van der Waals surface area contributed by atoms with Crippen LogP contribution < -0.4 is 10.1 Å². The molecule has 0 spiro atoms. The number of hydrogen-bond acceptors (Lipinski definition) is 7. The van der Waals surface area contributed by atoms with Gasteiger partial charge in [0.25, 0.3) is 0 Å². The number of nitrogens with one attached hydrogen (secondary N) is 1. The molecule has 0 saturated carbocycles. The lowest BCUT2D eigenvalue weighted by Crippen LogP contribution is -2.45. The summed E-state index contributed by atoms with van der Waals surface area (Å²) in [6.07, 6.45) is -3.52. The van der Waals surface area contributed by atoms with Gasteiger partial charge in [-0.15, -0.1) is 5.10 Å². The minimum Gasteiger partial charge on any atom is -0.492 e. The smallest absolute Gasteiger partial charge is 0.419 e. The van der Waals surface area contributed by atoms with Crippen LogP contribution in [0.25, 0.3) is 22.3 Å². The fourth-order valence-corrected chi connectivity index (χ4v) is 4.49. The molecule has 32 heavy (non-hydrogen) atoms. The largest absolute Gasteiger partial charge is 0.492 e. The number of likely N-dealkylation sites (tertiary alicyclic amines) is 1. The van der Waals surface area contributed by atoms with Crippen molar-refractivity contribution in [3.05, 3.63) is 35.5 Å². The molecule has 2 aromatic heterocycles. The normalized spacial score (nSPS) is 20.7. The summed E-state index contributed by atoms with van der Waals surface area (Å²) in [7, 11) is 1.64. The van der Waals surface area contributed by atoms with E-state index in [2.05, 4.69) is 25.5 Å². The maximum absolute atomic E-state index is 13.8. The molecular formula is C21H20F3N7O. The summed E-state index contributed by atoms with van der Waals surface area (Å²) in [4.78, 5) is 6.45. The molecule has 166 valence electrons. The second-order valence-corrected chi connectivity index (χ2v) is 8.10. The van der Waals surface area contributed by atoms with Crippen molar-refractivity contribution < 1.29 is 17.9 Å². The number of rotatable bonds is 5. The van der Waals surface area contributed by atoms with Gasteiger partial charge in [0.1, 0.15) is 23.9 Å². The lowest BCUT2D eigenvalue weighted by molar-refractivity contribution is -0.138. The number of nitriles is 1. The van der Waals surface area contributed by atoms with Crippen molar-refractivity contribution in [3.8, 4) is 23.1 Å². The maximum atomic E-state index is 13.8. The first-order chi connectivity index (χ1) is 15.3. The van der Waals surface area contributed by atoms with Crippen LogP contribution in [0.2, 0.25) is 0 Å². The van der Waals surface area contributed by atoms with Crippen molar-refractivity contribution >= 4 is 11.0 Å². The van der Waals surface area contributed by atoms with Crippen LogP contribution in [0.15, 0.2) is 24.3 Å². The van der Waals surface area contributed by atoms with E-state index in [-0.39, 0.29) is 29.3 Å². The molecule has 11 heteroatoms. The number of ether oxygens (including phenoxy) is 1. The lowest BCUT2D eigenvalue weighted by atomic mass is 10.1. The molecule has 0 amide bonds. The van der Waals surface area contributed by atoms with Gasteiger partial charge in [0.15, 0.2) is 5.69 Å². The van der Waals surface area contributed by atoms with Gasteiger partial charge in [0.2, 0.25) is 0 Å². The molecule has 8 nitrogen and oxygen atoms in total. The highest BCUT2D eigenvalue weighted by Crippen LogP contribution is 2.39. The number of halogens is 3. The molecule has 2 fully saturated rings. The highest BCUT2D eigenvalue weighted by Gasteiger charge is 2.38. The molecule has 0 aliphatic carbocycles. The average Bonchev–Trinajstić information content (AvgIpc) is 3.49. The van der Waals surface area contributed by atoms with E-state index in [4.69, 9.17) is 4.74 Å². The van der Waals surface area contributed by atoms with Gasteiger partial charge in [-0.05, 0) is 30.7 Å². The van der Waals surface area contributed by atoms with Crippen molar-refractivity contribution in [3.63, 3.8) is 0 Å². The first-order valence-corrected chi connectivity index (χ1v) is 10.3. The van der Waals surface area contributed by atoms with Gasteiger partial charge < -0.3 is 10.1 Å². The predicted octanol–water partition coefficient (Wildman–Crippen LogP) is 2.35. The van der Waals surface area contributed by atoms with Crippen LogP contribution in [-0.2, 0) is 13.2 Å². The number of aromatic nitrogens is 4. The summed E-state index contributed by atoms with van der Waals surface area (Å²) in [5, 5.41) is 20.5. The Hall–Kier alpha value is -3.23. The Kier molecular flexibility index (Phi) is 4.98. The maximum Gasteiger partial charge on any atom is 0.419 e. The fourth-order valence-electron chi connectivity index (χ4n) is 4.49. The number of nitrogens with zero attached hydrogens (tertiary/aromatic N) is 6. The molecule has 3 aromatic rings. The van der Waals surface area contributed by atoms with Gasteiger partial charge in [0, 0.05) is 44.3 Å². The third-order valence-electron chi connectivity index (χ3n) is 6.09.